The van der Waals surface area contributed by atoms with Crippen molar-refractivity contribution in [3.8, 4) is 11.3 Å². The van der Waals surface area contributed by atoms with E-state index in [1.165, 1.54) is 0 Å². The van der Waals surface area contributed by atoms with Crippen molar-refractivity contribution >= 4 is 5.65 Å². The maximum atomic E-state index is 9.24. The second-order valence-corrected chi connectivity index (χ2v) is 4.22. The molecule has 0 fully saturated rings. The number of aromatic nitrogens is 2. The summed E-state index contributed by atoms with van der Waals surface area (Å²) in [6.07, 6.45) is 4.12. The van der Waals surface area contributed by atoms with Crippen molar-refractivity contribution in [1.29, 1.82) is 0 Å². The molecule has 3 heteroatoms. The Morgan fingerprint density at radius 3 is 2.56 bits per heavy atom. The average Bonchev–Trinajstić information content (AvgIpc) is 2.80. The van der Waals surface area contributed by atoms with E-state index < -0.39 is 0 Å². The minimum Gasteiger partial charge on any atom is -0.392 e. The van der Waals surface area contributed by atoms with E-state index in [1.807, 2.05) is 36.5 Å². The van der Waals surface area contributed by atoms with Gasteiger partial charge in [0.1, 0.15) is 12.7 Å². The first-order chi connectivity index (χ1) is 8.90. The van der Waals surface area contributed by atoms with Crippen molar-refractivity contribution < 1.29 is 9.51 Å². The molecule has 0 saturated heterocycles. The molecule has 2 heterocycles. The average molecular weight is 239 g/mol. The van der Waals surface area contributed by atoms with E-state index in [1.54, 1.807) is 0 Å². The quantitative estimate of drug-likeness (QED) is 0.695. The Morgan fingerprint density at radius 1 is 1.00 bits per heavy atom. The molecule has 3 nitrogen and oxygen atoms in total. The van der Waals surface area contributed by atoms with Gasteiger partial charge in [-0.05, 0) is 6.07 Å². The number of nitrogens with zero attached hydrogens (tertiary/aromatic N) is 2. The molecule has 3 rings (SSSR count). The molecule has 1 N–H and O–H groups in total. The van der Waals surface area contributed by atoms with Crippen LogP contribution >= 0.6 is 0 Å². The van der Waals surface area contributed by atoms with Gasteiger partial charge in [0.15, 0.2) is 5.69 Å². The van der Waals surface area contributed by atoms with E-state index in [2.05, 4.69) is 33.4 Å². The topological polar surface area (TPSA) is 29.3 Å². The fourth-order valence-electron chi connectivity index (χ4n) is 2.28. The first-order valence-corrected chi connectivity index (χ1v) is 6.06. The normalized spacial score (nSPS) is 10.9. The number of fused-ring (bicyclic) bond motifs is 1. The Morgan fingerprint density at radius 2 is 1.78 bits per heavy atom. The van der Waals surface area contributed by atoms with Gasteiger partial charge in [0, 0.05) is 11.6 Å². The predicted octanol–water partition coefficient (Wildman–Crippen LogP) is 1.89. The first-order valence-electron chi connectivity index (χ1n) is 6.06. The molecule has 0 unspecified atom stereocenters. The molecular formula is C15H15N2O+. The standard InChI is InChI=1S/C15H15N2O/c18-11-10-17-14(13-6-2-1-3-7-13)12-16-9-5-4-8-15(16)17/h1-9,12,18H,10-11H2/q+1. The van der Waals surface area contributed by atoms with Crippen LogP contribution in [-0.4, -0.2) is 16.3 Å². The summed E-state index contributed by atoms with van der Waals surface area (Å²) in [6, 6.07) is 16.3. The van der Waals surface area contributed by atoms with Crippen LogP contribution < -0.4 is 4.40 Å². The third-order valence-corrected chi connectivity index (χ3v) is 3.09. The molecule has 0 radical (unpaired) electrons. The largest absolute Gasteiger partial charge is 0.392 e. The van der Waals surface area contributed by atoms with Crippen LogP contribution in [0.2, 0.25) is 0 Å². The van der Waals surface area contributed by atoms with Crippen molar-refractivity contribution in [3.63, 3.8) is 0 Å². The molecular weight excluding hydrogens is 224 g/mol. The molecule has 0 aliphatic heterocycles. The van der Waals surface area contributed by atoms with Gasteiger partial charge in [-0.1, -0.05) is 36.4 Å². The highest BCUT2D eigenvalue weighted by atomic mass is 16.3. The molecule has 0 atom stereocenters. The van der Waals surface area contributed by atoms with E-state index in [0.29, 0.717) is 6.54 Å². The van der Waals surface area contributed by atoms with Gasteiger partial charge in [-0.2, -0.15) is 0 Å². The summed E-state index contributed by atoms with van der Waals surface area (Å²) in [5, 5.41) is 9.24. The molecule has 0 aliphatic carbocycles. The number of rotatable bonds is 3. The van der Waals surface area contributed by atoms with Gasteiger partial charge in [0.25, 0.3) is 5.65 Å². The van der Waals surface area contributed by atoms with Crippen molar-refractivity contribution in [2.45, 2.75) is 6.54 Å². The van der Waals surface area contributed by atoms with E-state index in [9.17, 15) is 5.11 Å². The zero-order valence-electron chi connectivity index (χ0n) is 10.0. The van der Waals surface area contributed by atoms with Gasteiger partial charge >= 0.3 is 0 Å². The predicted molar refractivity (Wildman–Crippen MR) is 70.1 cm³/mol. The highest BCUT2D eigenvalue weighted by Gasteiger charge is 2.17. The van der Waals surface area contributed by atoms with E-state index in [4.69, 9.17) is 0 Å². The zero-order chi connectivity index (χ0) is 12.4. The summed E-state index contributed by atoms with van der Waals surface area (Å²) in [4.78, 5) is 0. The molecule has 3 aromatic rings. The van der Waals surface area contributed by atoms with Crippen molar-refractivity contribution in [2.24, 2.45) is 0 Å². The van der Waals surface area contributed by atoms with Crippen LogP contribution in [0.4, 0.5) is 0 Å². The van der Waals surface area contributed by atoms with Gasteiger partial charge in [-0.25, -0.2) is 8.97 Å². The van der Waals surface area contributed by atoms with E-state index >= 15 is 0 Å². The third kappa shape index (κ3) is 1.79. The lowest BCUT2D eigenvalue weighted by Gasteiger charge is -2.00. The Labute approximate surface area is 106 Å². The molecule has 0 spiro atoms. The number of pyridine rings is 1. The van der Waals surface area contributed by atoms with Crippen LogP contribution in [0.1, 0.15) is 0 Å². The minimum atomic E-state index is 0.138. The fraction of sp³-hybridized carbons (Fsp3) is 0.133. The van der Waals surface area contributed by atoms with Gasteiger partial charge in [-0.3, -0.25) is 0 Å². The van der Waals surface area contributed by atoms with Crippen LogP contribution in [0.3, 0.4) is 0 Å². The zero-order valence-corrected chi connectivity index (χ0v) is 10.0. The molecule has 0 aliphatic rings. The molecule has 0 bridgehead atoms. The maximum Gasteiger partial charge on any atom is 0.286 e. The Hall–Kier alpha value is -2.13. The number of hydrogen-bond acceptors (Lipinski definition) is 1. The smallest absolute Gasteiger partial charge is 0.286 e. The van der Waals surface area contributed by atoms with Gasteiger partial charge in [0.2, 0.25) is 0 Å². The second kappa shape index (κ2) is 4.63. The monoisotopic (exact) mass is 239 g/mol. The summed E-state index contributed by atoms with van der Waals surface area (Å²) in [7, 11) is 0. The van der Waals surface area contributed by atoms with Crippen LogP contribution in [0.5, 0.6) is 0 Å². The first kappa shape index (κ1) is 11.0. The van der Waals surface area contributed by atoms with Gasteiger partial charge < -0.3 is 5.11 Å². The van der Waals surface area contributed by atoms with Crippen molar-refractivity contribution in [1.82, 2.24) is 4.57 Å². The summed E-state index contributed by atoms with van der Waals surface area (Å²) < 4.78 is 4.22. The summed E-state index contributed by atoms with van der Waals surface area (Å²) in [5.74, 6) is 0. The lowest BCUT2D eigenvalue weighted by molar-refractivity contribution is -0.510. The van der Waals surface area contributed by atoms with Crippen LogP contribution in [0.15, 0.2) is 60.9 Å². The van der Waals surface area contributed by atoms with E-state index in [0.717, 1.165) is 16.9 Å². The number of benzene rings is 1. The lowest BCUT2D eigenvalue weighted by Crippen LogP contribution is -2.18. The molecule has 2 aromatic heterocycles. The highest BCUT2D eigenvalue weighted by molar-refractivity contribution is 5.61. The number of aliphatic hydroxyl groups is 1. The Bertz CT molecular complexity index is 659. The van der Waals surface area contributed by atoms with Crippen LogP contribution in [0.25, 0.3) is 16.9 Å². The molecule has 0 amide bonds. The number of hydrogen-bond donors (Lipinski definition) is 1. The molecule has 0 saturated carbocycles. The number of imidazole rings is 1. The van der Waals surface area contributed by atoms with Gasteiger partial charge in [-0.15, -0.1) is 0 Å². The third-order valence-electron chi connectivity index (χ3n) is 3.09. The maximum absolute atomic E-state index is 9.24. The number of aliphatic hydroxyl groups excluding tert-OH is 1. The summed E-state index contributed by atoms with van der Waals surface area (Å²) in [6.45, 7) is 0.740. The molecule has 18 heavy (non-hydrogen) atoms. The summed E-state index contributed by atoms with van der Waals surface area (Å²) in [5.41, 5.74) is 3.37. The van der Waals surface area contributed by atoms with Crippen molar-refractivity contribution in [3.05, 3.63) is 60.9 Å². The summed E-state index contributed by atoms with van der Waals surface area (Å²) >= 11 is 0. The molecule has 1 aromatic carbocycles. The van der Waals surface area contributed by atoms with Crippen molar-refractivity contribution in [2.75, 3.05) is 6.61 Å². The van der Waals surface area contributed by atoms with E-state index in [-0.39, 0.29) is 6.61 Å². The second-order valence-electron chi connectivity index (χ2n) is 4.22. The molecule has 90 valence electrons. The van der Waals surface area contributed by atoms with Crippen LogP contribution in [0, 0.1) is 0 Å². The van der Waals surface area contributed by atoms with Crippen LogP contribution in [-0.2, 0) is 6.54 Å². The minimum absolute atomic E-state index is 0.138. The fourth-order valence-corrected chi connectivity index (χ4v) is 2.28. The van der Waals surface area contributed by atoms with Gasteiger partial charge in [0.05, 0.1) is 12.8 Å². The SMILES string of the molecule is OCCn1c(-c2ccccc2)c[n+]2ccccc12. The Balaban J connectivity index is 2.25. The highest BCUT2D eigenvalue weighted by Crippen LogP contribution is 2.19. The Kier molecular flexibility index (Phi) is 2.82. The lowest BCUT2D eigenvalue weighted by atomic mass is 10.2.